The topological polar surface area (TPSA) is 252 Å². The molecule has 9 rings (SSSR count). The van der Waals surface area contributed by atoms with E-state index in [1.807, 2.05) is 43.8 Å². The van der Waals surface area contributed by atoms with Gasteiger partial charge in [0.25, 0.3) is 11.8 Å². The van der Waals surface area contributed by atoms with Gasteiger partial charge in [0.2, 0.25) is 20.9 Å². The Kier molecular flexibility index (Phi) is 12.1. The molecule has 3 aliphatic rings. The summed E-state index contributed by atoms with van der Waals surface area (Å²) in [5.74, 6) is -0.436. The van der Waals surface area contributed by atoms with Gasteiger partial charge in [0.05, 0.1) is 23.1 Å². The Bertz CT molecular complexity index is 2770. The average molecular weight is 876 g/mol. The van der Waals surface area contributed by atoms with Crippen molar-refractivity contribution >= 4 is 89.7 Å². The summed E-state index contributed by atoms with van der Waals surface area (Å²) in [5.41, 5.74) is 13.7. The summed E-state index contributed by atoms with van der Waals surface area (Å²) in [5, 5.41) is 15.0. The first-order chi connectivity index (χ1) is 28.6. The molecule has 0 unspecified atom stereocenters. The van der Waals surface area contributed by atoms with Gasteiger partial charge in [-0.25, -0.2) is 33.1 Å². The van der Waals surface area contributed by atoms with E-state index in [9.17, 15) is 22.8 Å². The molecule has 0 saturated carbocycles. The van der Waals surface area contributed by atoms with E-state index < -0.39 is 27.3 Å². The number of ether oxygens (including phenoxy) is 1. The fraction of sp³-hybridized carbons (Fsp3) is 0.475. The van der Waals surface area contributed by atoms with Crippen molar-refractivity contribution in [1.82, 2.24) is 49.7 Å². The Morgan fingerprint density at radius 3 is 1.77 bits per heavy atom. The summed E-state index contributed by atoms with van der Waals surface area (Å²) in [7, 11) is -3.64. The number of rotatable bonds is 6. The predicted octanol–water partition coefficient (Wildman–Crippen LogP) is 4.08. The highest BCUT2D eigenvalue weighted by Crippen LogP contribution is 2.34. The number of nitrogens with two attached hydrogens (primary N) is 2. The summed E-state index contributed by atoms with van der Waals surface area (Å²) in [6.45, 7) is 10.2. The van der Waals surface area contributed by atoms with Gasteiger partial charge in [-0.15, -0.1) is 12.4 Å². The van der Waals surface area contributed by atoms with Crippen molar-refractivity contribution in [3.63, 3.8) is 0 Å². The minimum atomic E-state index is -3.64. The highest BCUT2D eigenvalue weighted by atomic mass is 35.5. The Morgan fingerprint density at radius 2 is 1.26 bits per heavy atom. The fourth-order valence-electron chi connectivity index (χ4n) is 8.22. The maximum absolute atomic E-state index is 12.4. The largest absolute Gasteiger partial charge is 0.444 e. The first-order valence-electron chi connectivity index (χ1n) is 20.2. The van der Waals surface area contributed by atoms with Crippen LogP contribution in [0.1, 0.15) is 92.4 Å². The molecule has 19 nitrogen and oxygen atoms in total. The number of benzene rings is 2. The third kappa shape index (κ3) is 8.74. The van der Waals surface area contributed by atoms with Crippen molar-refractivity contribution in [3.8, 4) is 0 Å². The van der Waals surface area contributed by atoms with Gasteiger partial charge in [0, 0.05) is 66.4 Å². The molecule has 0 bridgehead atoms. The van der Waals surface area contributed by atoms with Crippen LogP contribution in [0.4, 0.5) is 10.7 Å². The maximum atomic E-state index is 12.4. The van der Waals surface area contributed by atoms with E-state index in [0.29, 0.717) is 53.4 Å². The van der Waals surface area contributed by atoms with Crippen LogP contribution in [0.5, 0.6) is 0 Å². The molecule has 21 heteroatoms. The van der Waals surface area contributed by atoms with Crippen molar-refractivity contribution in [2.75, 3.05) is 50.4 Å². The van der Waals surface area contributed by atoms with Gasteiger partial charge >= 0.3 is 6.09 Å². The molecule has 3 fully saturated rings. The van der Waals surface area contributed by atoms with E-state index in [2.05, 4.69) is 35.4 Å². The Balaban J connectivity index is 0.000000184. The van der Waals surface area contributed by atoms with Crippen LogP contribution in [0.2, 0.25) is 0 Å². The van der Waals surface area contributed by atoms with Gasteiger partial charge < -0.3 is 31.3 Å². The van der Waals surface area contributed by atoms with Crippen molar-refractivity contribution in [2.24, 2.45) is 11.5 Å². The second kappa shape index (κ2) is 17.0. The molecule has 324 valence electrons. The van der Waals surface area contributed by atoms with Gasteiger partial charge in [-0.1, -0.05) is 12.1 Å². The Hall–Kier alpha value is -5.73. The first kappa shape index (κ1) is 43.4. The number of anilines is 1. The smallest absolute Gasteiger partial charge is 0.410 e. The predicted molar refractivity (Wildman–Crippen MR) is 232 cm³/mol. The summed E-state index contributed by atoms with van der Waals surface area (Å²) in [4.78, 5) is 58.1. The third-order valence-corrected chi connectivity index (χ3v) is 12.0. The van der Waals surface area contributed by atoms with Crippen LogP contribution >= 0.6 is 12.4 Å². The van der Waals surface area contributed by atoms with Gasteiger partial charge in [0.15, 0.2) is 11.4 Å². The van der Waals surface area contributed by atoms with Crippen LogP contribution in [0.15, 0.2) is 41.8 Å². The lowest BCUT2D eigenvalue weighted by Crippen LogP contribution is -2.42. The SMILES string of the molecule is CC(C)(C)OC(=O)N1CCC(n2nc(C(N)=O)c3ccc4cnc(S(C)(=O)=O)nc4c32)CC1.Cl.NC(=O)c1nn(C2CCNCC2)c2c1ccc1cnc(N3CCCC3)nc12. The van der Waals surface area contributed by atoms with Crippen molar-refractivity contribution in [1.29, 1.82) is 0 Å². The molecule has 5 N–H and O–H groups in total. The molecular formula is C40H50ClN13O6S. The third-order valence-electron chi connectivity index (χ3n) is 11.1. The van der Waals surface area contributed by atoms with Gasteiger partial charge in [-0.2, -0.15) is 10.2 Å². The van der Waals surface area contributed by atoms with Crippen LogP contribution < -0.4 is 21.7 Å². The first-order valence-corrected chi connectivity index (χ1v) is 22.1. The normalized spacial score (nSPS) is 16.8. The number of fused-ring (bicyclic) bond motifs is 6. The second-order valence-electron chi connectivity index (χ2n) is 16.6. The summed E-state index contributed by atoms with van der Waals surface area (Å²) < 4.78 is 33.2. The zero-order valence-corrected chi connectivity index (χ0v) is 36.1. The highest BCUT2D eigenvalue weighted by Gasteiger charge is 2.31. The van der Waals surface area contributed by atoms with Gasteiger partial charge in [-0.3, -0.25) is 19.0 Å². The minimum absolute atomic E-state index is 0. The van der Waals surface area contributed by atoms with Gasteiger partial charge in [0.1, 0.15) is 16.6 Å². The lowest BCUT2D eigenvalue weighted by molar-refractivity contribution is 0.0186. The number of aromatic nitrogens is 8. The zero-order chi connectivity index (χ0) is 42.5. The number of nitrogens with one attached hydrogen (secondary N) is 1. The van der Waals surface area contributed by atoms with Crippen LogP contribution in [-0.2, 0) is 14.6 Å². The number of likely N-dealkylation sites (tertiary alicyclic amines) is 1. The molecule has 0 spiro atoms. The fourth-order valence-corrected chi connectivity index (χ4v) is 8.72. The zero-order valence-electron chi connectivity index (χ0n) is 34.5. The van der Waals surface area contributed by atoms with E-state index in [1.54, 1.807) is 21.7 Å². The lowest BCUT2D eigenvalue weighted by Gasteiger charge is -2.33. The van der Waals surface area contributed by atoms with Crippen molar-refractivity contribution < 1.29 is 27.5 Å². The van der Waals surface area contributed by atoms with E-state index in [4.69, 9.17) is 21.2 Å². The number of primary amides is 2. The molecular weight excluding hydrogens is 826 g/mol. The number of carbonyl (C=O) groups is 3. The number of sulfone groups is 1. The van der Waals surface area contributed by atoms with Crippen LogP contribution in [0, 0.1) is 0 Å². The van der Waals surface area contributed by atoms with Crippen molar-refractivity contribution in [3.05, 3.63) is 48.0 Å². The highest BCUT2D eigenvalue weighted by molar-refractivity contribution is 7.90. The Labute approximate surface area is 357 Å². The van der Waals surface area contributed by atoms with E-state index >= 15 is 0 Å². The number of amides is 3. The standard InChI is InChI=1S/C21H26N6O5S.C19H23N7O.ClH/c1-21(2,3)32-20(29)26-9-7-13(8-10-26)27-17-14(16(25-27)18(22)28)6-5-12-11-23-19(24-15(12)17)33(4,30)31;20-18(27)16-14-4-3-12-11-22-19(25-9-1-2-10-25)23-15(12)17(14)26(24-16)13-5-7-21-8-6-13;/h5-6,11,13H,7-10H2,1-4H3,(H2,22,28);3-4,11,13,21H,1-2,5-10H2,(H2,20,27);1H. The van der Waals surface area contributed by atoms with Crippen LogP contribution in [0.25, 0.3) is 43.6 Å². The maximum Gasteiger partial charge on any atom is 0.410 e. The van der Waals surface area contributed by atoms with Crippen LogP contribution in [0.3, 0.4) is 0 Å². The summed E-state index contributed by atoms with van der Waals surface area (Å²) in [6.07, 6.45) is 9.37. The van der Waals surface area contributed by atoms with E-state index in [-0.39, 0.29) is 41.4 Å². The second-order valence-corrected chi connectivity index (χ2v) is 18.5. The Morgan fingerprint density at radius 1 is 0.754 bits per heavy atom. The molecule has 0 aliphatic carbocycles. The lowest BCUT2D eigenvalue weighted by atomic mass is 10.0. The van der Waals surface area contributed by atoms with E-state index in [1.165, 1.54) is 19.0 Å². The van der Waals surface area contributed by atoms with E-state index in [0.717, 1.165) is 73.0 Å². The number of halogens is 1. The number of piperidine rings is 2. The minimum Gasteiger partial charge on any atom is -0.444 e. The quantitative estimate of drug-likeness (QED) is 0.200. The monoisotopic (exact) mass is 875 g/mol. The van der Waals surface area contributed by atoms with Crippen molar-refractivity contribution in [2.45, 2.75) is 82.1 Å². The van der Waals surface area contributed by atoms with Crippen LogP contribution in [-0.4, -0.2) is 122 Å². The van der Waals surface area contributed by atoms with Gasteiger partial charge in [-0.05, 0) is 84.5 Å². The molecule has 61 heavy (non-hydrogen) atoms. The summed E-state index contributed by atoms with van der Waals surface area (Å²) >= 11 is 0. The molecule has 6 aromatic rings. The summed E-state index contributed by atoms with van der Waals surface area (Å²) in [6, 6.07) is 7.36. The number of carbonyl (C=O) groups excluding carboxylic acids is 3. The molecule has 0 radical (unpaired) electrons. The molecule has 3 saturated heterocycles. The average Bonchev–Trinajstić information content (AvgIpc) is 3.99. The number of hydrogen-bond donors (Lipinski definition) is 3. The molecule has 7 heterocycles. The molecule has 2 aromatic carbocycles. The number of nitrogens with zero attached hydrogens (tertiary/aromatic N) is 10. The molecule has 3 aliphatic heterocycles. The molecule has 4 aromatic heterocycles. The number of hydrogen-bond acceptors (Lipinski definition) is 14. The molecule has 0 atom stereocenters. The molecule has 3 amide bonds.